The quantitative estimate of drug-likeness (QED) is 0.200. The largest absolute Gasteiger partial charge is 0.346 e. The highest BCUT2D eigenvalue weighted by Gasteiger charge is 2.23. The molecule has 7 aromatic carbocycles. The van der Waals surface area contributed by atoms with Gasteiger partial charge in [0.25, 0.3) is 0 Å². The number of hydrogen-bond donors (Lipinski definition) is 1. The highest BCUT2D eigenvalue weighted by molar-refractivity contribution is 6.14. The monoisotopic (exact) mass is 638 g/mol. The number of allylic oxidation sites excluding steroid dienone is 1. The molecule has 2 aromatic heterocycles. The first-order valence-electron chi connectivity index (χ1n) is 16.9. The molecule has 0 aliphatic carbocycles. The van der Waals surface area contributed by atoms with Gasteiger partial charge in [-0.3, -0.25) is 0 Å². The summed E-state index contributed by atoms with van der Waals surface area (Å²) in [7, 11) is 0. The minimum atomic E-state index is -0.350. The minimum absolute atomic E-state index is 0.350. The number of nitrogens with one attached hydrogen (secondary N) is 1. The minimum Gasteiger partial charge on any atom is -0.346 e. The van der Waals surface area contributed by atoms with Crippen LogP contribution in [-0.2, 0) is 0 Å². The summed E-state index contributed by atoms with van der Waals surface area (Å²) in [5.74, 6) is 0. The van der Waals surface area contributed by atoms with E-state index in [2.05, 4.69) is 190 Å². The van der Waals surface area contributed by atoms with Crippen molar-refractivity contribution in [2.75, 3.05) is 0 Å². The number of fused-ring (bicyclic) bond motifs is 6. The fraction of sp³-hybridized carbons (Fsp3) is 0.0217. The third-order valence-corrected chi connectivity index (χ3v) is 9.78. The zero-order valence-corrected chi connectivity index (χ0v) is 27.1. The molecule has 0 fully saturated rings. The van der Waals surface area contributed by atoms with Crippen LogP contribution in [-0.4, -0.2) is 14.8 Å². The summed E-state index contributed by atoms with van der Waals surface area (Å²) in [5, 5.41) is 8.38. The summed E-state index contributed by atoms with van der Waals surface area (Å²) in [5.41, 5.74) is 11.9. The first kappa shape index (κ1) is 28.2. The van der Waals surface area contributed by atoms with Crippen LogP contribution in [0.2, 0.25) is 0 Å². The second-order valence-electron chi connectivity index (χ2n) is 12.7. The predicted molar refractivity (Wildman–Crippen MR) is 206 cm³/mol. The maximum absolute atomic E-state index is 5.32. The van der Waals surface area contributed by atoms with E-state index in [1.807, 2.05) is 6.07 Å². The Hall–Kier alpha value is -6.83. The Labute approximate surface area is 289 Å². The van der Waals surface area contributed by atoms with Gasteiger partial charge in [0.05, 0.1) is 33.2 Å². The number of hydrogen-bond acceptors (Lipinski definition) is 2. The Morgan fingerprint density at radius 2 is 1.14 bits per heavy atom. The third kappa shape index (κ3) is 4.52. The van der Waals surface area contributed by atoms with Crippen LogP contribution >= 0.6 is 0 Å². The van der Waals surface area contributed by atoms with Gasteiger partial charge in [0, 0.05) is 33.1 Å². The van der Waals surface area contributed by atoms with Crippen molar-refractivity contribution in [3.8, 4) is 16.8 Å². The van der Waals surface area contributed by atoms with Crippen LogP contribution in [0.25, 0.3) is 66.1 Å². The van der Waals surface area contributed by atoms with Crippen LogP contribution in [0.4, 0.5) is 0 Å². The van der Waals surface area contributed by atoms with E-state index in [0.717, 1.165) is 66.8 Å². The normalized spacial score (nSPS) is 14.4. The average molecular weight is 639 g/mol. The van der Waals surface area contributed by atoms with Gasteiger partial charge in [-0.2, -0.15) is 0 Å². The molecule has 1 aliphatic rings. The van der Waals surface area contributed by atoms with Gasteiger partial charge in [0.15, 0.2) is 0 Å². The summed E-state index contributed by atoms with van der Waals surface area (Å²) in [6, 6.07) is 64.7. The molecule has 4 heteroatoms. The molecular weight excluding hydrogens is 609 g/mol. The maximum atomic E-state index is 5.32. The zero-order chi connectivity index (χ0) is 33.0. The van der Waals surface area contributed by atoms with Crippen LogP contribution in [0.15, 0.2) is 175 Å². The number of aliphatic imine (C=N–C) groups is 1. The van der Waals surface area contributed by atoms with Crippen molar-refractivity contribution in [2.45, 2.75) is 6.29 Å². The van der Waals surface area contributed by atoms with Crippen molar-refractivity contribution >= 4 is 55.0 Å². The van der Waals surface area contributed by atoms with Gasteiger partial charge in [0.1, 0.15) is 0 Å². The van der Waals surface area contributed by atoms with Crippen LogP contribution in [0.3, 0.4) is 0 Å². The second kappa shape index (κ2) is 11.4. The summed E-state index contributed by atoms with van der Waals surface area (Å²) in [4.78, 5) is 5.32. The number of nitrogens with zero attached hydrogens (tertiary/aromatic N) is 3. The summed E-state index contributed by atoms with van der Waals surface area (Å²) in [6.07, 6.45) is 1.81. The molecule has 1 atom stereocenters. The lowest BCUT2D eigenvalue weighted by Gasteiger charge is -2.27. The Kier molecular flexibility index (Phi) is 6.43. The van der Waals surface area contributed by atoms with Gasteiger partial charge in [0.2, 0.25) is 6.29 Å². The third-order valence-electron chi connectivity index (χ3n) is 9.78. The van der Waals surface area contributed by atoms with Crippen LogP contribution in [0, 0.1) is 12.1 Å². The smallest absolute Gasteiger partial charge is 0.201 e. The zero-order valence-electron chi connectivity index (χ0n) is 27.1. The van der Waals surface area contributed by atoms with E-state index in [1.165, 1.54) is 16.2 Å². The molecule has 50 heavy (non-hydrogen) atoms. The first-order valence-corrected chi connectivity index (χ1v) is 16.9. The Bertz CT molecular complexity index is 2770. The van der Waals surface area contributed by atoms with Gasteiger partial charge in [-0.05, 0) is 65.2 Å². The van der Waals surface area contributed by atoms with Gasteiger partial charge >= 0.3 is 0 Å². The highest BCUT2D eigenvalue weighted by Crippen LogP contribution is 2.38. The van der Waals surface area contributed by atoms with Crippen LogP contribution in [0.5, 0.6) is 0 Å². The van der Waals surface area contributed by atoms with E-state index in [1.54, 1.807) is 0 Å². The van der Waals surface area contributed by atoms with E-state index in [0.29, 0.717) is 0 Å². The summed E-state index contributed by atoms with van der Waals surface area (Å²) >= 11 is 0. The first-order chi connectivity index (χ1) is 24.8. The van der Waals surface area contributed by atoms with Gasteiger partial charge in [-0.25, -0.2) is 4.99 Å². The van der Waals surface area contributed by atoms with E-state index in [4.69, 9.17) is 4.99 Å². The van der Waals surface area contributed by atoms with Crippen molar-refractivity contribution < 1.29 is 0 Å². The van der Waals surface area contributed by atoms with Crippen molar-refractivity contribution in [1.82, 2.24) is 14.5 Å². The Balaban J connectivity index is 1.14. The van der Waals surface area contributed by atoms with Gasteiger partial charge in [-0.15, -0.1) is 0 Å². The fourth-order valence-corrected chi connectivity index (χ4v) is 7.47. The molecule has 0 amide bonds. The highest BCUT2D eigenvalue weighted by atomic mass is 15.3. The van der Waals surface area contributed by atoms with Crippen molar-refractivity contribution in [3.05, 3.63) is 193 Å². The lowest BCUT2D eigenvalue weighted by Crippen LogP contribution is -2.29. The second-order valence-corrected chi connectivity index (χ2v) is 12.7. The molecule has 10 rings (SSSR count). The van der Waals surface area contributed by atoms with Gasteiger partial charge < -0.3 is 14.5 Å². The predicted octanol–water partition coefficient (Wildman–Crippen LogP) is 10.7. The standard InChI is InChI=1S/C46H30N4/c1-4-14-31(15-5-1)40-30-41(32-16-6-2-7-17-32)48-46(47-40)50-43-23-13-11-21-37(43)39-28-33(25-27-44(39)50)34-24-26-38-36-20-10-12-22-42(36)49(45(38)29-34)35-18-8-3-9-19-35/h1-23,25,27-30,46-47H. The van der Waals surface area contributed by atoms with Crippen molar-refractivity contribution in [2.24, 2.45) is 4.99 Å². The molecule has 1 N–H and O–H groups in total. The van der Waals surface area contributed by atoms with E-state index in [-0.39, 0.29) is 6.29 Å². The summed E-state index contributed by atoms with van der Waals surface area (Å²) in [6.45, 7) is 0. The Morgan fingerprint density at radius 3 is 1.92 bits per heavy atom. The molecule has 3 heterocycles. The molecule has 9 aromatic rings. The molecule has 1 unspecified atom stereocenters. The molecule has 0 saturated carbocycles. The number of benzene rings is 6. The number of aromatic nitrogens is 2. The molecule has 0 radical (unpaired) electrons. The molecule has 0 saturated heterocycles. The lowest BCUT2D eigenvalue weighted by atomic mass is 10.0. The SMILES string of the molecule is c1c(-c2ccc3c(c2)c2ccccc2n3C2N=C(c3ccccc3)C=C(c3ccccc3)N2)cc2c(c#1)c1ccccc1n2-c1ccccc1. The fourth-order valence-electron chi connectivity index (χ4n) is 7.47. The molecule has 4 nitrogen and oxygen atoms in total. The molecular formula is C46H30N4. The molecule has 0 spiro atoms. The van der Waals surface area contributed by atoms with Crippen LogP contribution in [0.1, 0.15) is 17.4 Å². The molecule has 234 valence electrons. The van der Waals surface area contributed by atoms with E-state index < -0.39 is 0 Å². The number of para-hydroxylation sites is 3. The molecule has 1 aliphatic heterocycles. The molecule has 0 bridgehead atoms. The van der Waals surface area contributed by atoms with Crippen molar-refractivity contribution in [3.63, 3.8) is 0 Å². The Morgan fingerprint density at radius 1 is 0.500 bits per heavy atom. The van der Waals surface area contributed by atoms with E-state index >= 15 is 0 Å². The average Bonchev–Trinajstić information content (AvgIpc) is 3.71. The van der Waals surface area contributed by atoms with Gasteiger partial charge in [-0.1, -0.05) is 133 Å². The topological polar surface area (TPSA) is 34.2 Å². The van der Waals surface area contributed by atoms with E-state index in [9.17, 15) is 0 Å². The van der Waals surface area contributed by atoms with Crippen molar-refractivity contribution in [1.29, 1.82) is 0 Å². The summed E-state index contributed by atoms with van der Waals surface area (Å²) < 4.78 is 4.66. The number of rotatable bonds is 5. The maximum Gasteiger partial charge on any atom is 0.201 e. The lowest BCUT2D eigenvalue weighted by molar-refractivity contribution is 0.508. The van der Waals surface area contributed by atoms with Crippen LogP contribution < -0.4 is 5.32 Å².